The van der Waals surface area contributed by atoms with Crippen LogP contribution in [0.5, 0.6) is 0 Å². The molecular formula is C5H14O3SSi. The molecule has 0 aromatic rings. The van der Waals surface area contributed by atoms with Gasteiger partial charge in [0.2, 0.25) is 0 Å². The SMILES string of the molecule is CO[Si](O)(O)CCCSC. The fourth-order valence-electron chi connectivity index (χ4n) is 0.549. The monoisotopic (exact) mass is 182 g/mol. The van der Waals surface area contributed by atoms with E-state index in [2.05, 4.69) is 4.43 Å². The Hall–Kier alpha value is 0.447. The van der Waals surface area contributed by atoms with Gasteiger partial charge in [-0.05, 0) is 18.4 Å². The van der Waals surface area contributed by atoms with Gasteiger partial charge in [0.1, 0.15) is 0 Å². The number of rotatable bonds is 5. The predicted molar refractivity (Wildman–Crippen MR) is 45.0 cm³/mol. The minimum atomic E-state index is -3.23. The third-order valence-electron chi connectivity index (χ3n) is 1.18. The number of thioether (sulfide) groups is 1. The summed E-state index contributed by atoms with van der Waals surface area (Å²) < 4.78 is 4.52. The second-order valence-electron chi connectivity index (χ2n) is 2.04. The Labute approximate surface area is 66.8 Å². The molecule has 0 aliphatic carbocycles. The Balaban J connectivity index is 3.28. The Bertz CT molecular complexity index is 89.0. The summed E-state index contributed by atoms with van der Waals surface area (Å²) in [5.74, 6) is 0.958. The van der Waals surface area contributed by atoms with Crippen molar-refractivity contribution in [1.82, 2.24) is 0 Å². The molecule has 2 N–H and O–H groups in total. The van der Waals surface area contributed by atoms with Gasteiger partial charge in [0, 0.05) is 13.2 Å². The van der Waals surface area contributed by atoms with Crippen molar-refractivity contribution < 1.29 is 14.0 Å². The van der Waals surface area contributed by atoms with E-state index in [-0.39, 0.29) is 0 Å². The van der Waals surface area contributed by atoms with Crippen molar-refractivity contribution >= 4 is 20.6 Å². The molecule has 0 rings (SSSR count). The topological polar surface area (TPSA) is 49.7 Å². The van der Waals surface area contributed by atoms with Crippen LogP contribution in [0.1, 0.15) is 6.42 Å². The van der Waals surface area contributed by atoms with Crippen LogP contribution in [-0.2, 0) is 4.43 Å². The molecule has 0 spiro atoms. The van der Waals surface area contributed by atoms with Crippen molar-refractivity contribution in [3.8, 4) is 0 Å². The highest BCUT2D eigenvalue weighted by molar-refractivity contribution is 7.98. The van der Waals surface area contributed by atoms with Gasteiger partial charge in [-0.25, -0.2) is 0 Å². The van der Waals surface area contributed by atoms with Crippen molar-refractivity contribution in [2.45, 2.75) is 12.5 Å². The summed E-state index contributed by atoms with van der Waals surface area (Å²) in [6, 6.07) is 0.407. The smallest absolute Gasteiger partial charge is 0.390 e. The Morgan fingerprint density at radius 3 is 2.50 bits per heavy atom. The molecule has 0 radical (unpaired) electrons. The summed E-state index contributed by atoms with van der Waals surface area (Å²) in [6.45, 7) is 0. The van der Waals surface area contributed by atoms with Crippen LogP contribution >= 0.6 is 11.8 Å². The molecule has 0 unspecified atom stereocenters. The van der Waals surface area contributed by atoms with Crippen LogP contribution in [0.2, 0.25) is 6.04 Å². The van der Waals surface area contributed by atoms with Crippen LogP contribution in [0.25, 0.3) is 0 Å². The van der Waals surface area contributed by atoms with E-state index in [9.17, 15) is 0 Å². The molecule has 0 saturated carbocycles. The quantitative estimate of drug-likeness (QED) is 0.474. The average molecular weight is 182 g/mol. The van der Waals surface area contributed by atoms with E-state index in [0.717, 1.165) is 12.2 Å². The molecule has 0 fully saturated rings. The highest BCUT2D eigenvalue weighted by atomic mass is 32.2. The largest absolute Gasteiger partial charge is 0.495 e. The molecule has 0 aliphatic heterocycles. The molecule has 10 heavy (non-hydrogen) atoms. The lowest BCUT2D eigenvalue weighted by atomic mass is 10.6. The van der Waals surface area contributed by atoms with E-state index in [1.54, 1.807) is 11.8 Å². The maximum Gasteiger partial charge on any atom is 0.495 e. The van der Waals surface area contributed by atoms with Crippen molar-refractivity contribution in [2.75, 3.05) is 19.1 Å². The maximum atomic E-state index is 9.01. The predicted octanol–water partition coefficient (Wildman–Crippen LogP) is 0.309. The molecule has 0 heterocycles. The third kappa shape index (κ3) is 5.25. The summed E-state index contributed by atoms with van der Waals surface area (Å²) in [5, 5.41) is 0. The zero-order chi connectivity index (χ0) is 8.04. The molecule has 0 atom stereocenters. The molecule has 0 saturated heterocycles. The van der Waals surface area contributed by atoms with Gasteiger partial charge < -0.3 is 14.0 Å². The van der Waals surface area contributed by atoms with E-state index < -0.39 is 8.80 Å². The summed E-state index contributed by atoms with van der Waals surface area (Å²) in [5.41, 5.74) is 0. The summed E-state index contributed by atoms with van der Waals surface area (Å²) in [7, 11) is -1.89. The molecule has 0 amide bonds. The molecule has 3 nitrogen and oxygen atoms in total. The van der Waals surface area contributed by atoms with Gasteiger partial charge in [0.05, 0.1) is 0 Å². The fraction of sp³-hybridized carbons (Fsp3) is 1.00. The van der Waals surface area contributed by atoms with E-state index in [1.165, 1.54) is 7.11 Å². The first-order valence-electron chi connectivity index (χ1n) is 3.11. The molecule has 0 aromatic carbocycles. The minimum absolute atomic E-state index is 0.407. The first-order chi connectivity index (χ1) is 4.62. The first kappa shape index (κ1) is 10.4. The lowest BCUT2D eigenvalue weighted by Crippen LogP contribution is -2.37. The van der Waals surface area contributed by atoms with Gasteiger partial charge >= 0.3 is 8.80 Å². The van der Waals surface area contributed by atoms with Crippen molar-refractivity contribution in [1.29, 1.82) is 0 Å². The van der Waals surface area contributed by atoms with Crippen LogP contribution in [0.3, 0.4) is 0 Å². The Morgan fingerprint density at radius 1 is 1.50 bits per heavy atom. The van der Waals surface area contributed by atoms with Crippen molar-refractivity contribution in [2.24, 2.45) is 0 Å². The van der Waals surface area contributed by atoms with Crippen LogP contribution in [0, 0.1) is 0 Å². The van der Waals surface area contributed by atoms with Gasteiger partial charge in [-0.15, -0.1) is 0 Å². The standard InChI is InChI=1S/C5H14O3SSi/c1-8-10(6,7)5-3-4-9-2/h6-7H,3-5H2,1-2H3. The second kappa shape index (κ2) is 5.14. The molecule has 0 bridgehead atoms. The zero-order valence-electron chi connectivity index (χ0n) is 6.33. The first-order valence-corrected chi connectivity index (χ1v) is 6.51. The summed E-state index contributed by atoms with van der Waals surface area (Å²) in [4.78, 5) is 18.0. The summed E-state index contributed by atoms with van der Waals surface area (Å²) >= 11 is 1.70. The molecular weight excluding hydrogens is 168 g/mol. The molecule has 0 aromatic heterocycles. The highest BCUT2D eigenvalue weighted by Crippen LogP contribution is 2.08. The Kier molecular flexibility index (Phi) is 5.37. The molecule has 62 valence electrons. The third-order valence-corrected chi connectivity index (χ3v) is 3.53. The van der Waals surface area contributed by atoms with Gasteiger partial charge in [0.25, 0.3) is 0 Å². The maximum absolute atomic E-state index is 9.01. The lowest BCUT2D eigenvalue weighted by Gasteiger charge is -2.13. The van der Waals surface area contributed by atoms with Gasteiger partial charge in [-0.2, -0.15) is 11.8 Å². The van der Waals surface area contributed by atoms with Crippen LogP contribution in [0.15, 0.2) is 0 Å². The van der Waals surface area contributed by atoms with E-state index in [4.69, 9.17) is 9.59 Å². The van der Waals surface area contributed by atoms with Gasteiger partial charge in [-0.3, -0.25) is 0 Å². The average Bonchev–Trinajstić information content (AvgIpc) is 1.89. The molecule has 0 aliphatic rings. The zero-order valence-corrected chi connectivity index (χ0v) is 8.15. The normalized spacial score (nSPS) is 12.0. The van der Waals surface area contributed by atoms with Gasteiger partial charge in [0.15, 0.2) is 0 Å². The molecule has 5 heteroatoms. The number of hydrogen-bond donors (Lipinski definition) is 2. The number of hydrogen-bond acceptors (Lipinski definition) is 4. The van der Waals surface area contributed by atoms with E-state index >= 15 is 0 Å². The van der Waals surface area contributed by atoms with E-state index in [1.807, 2.05) is 6.26 Å². The fourth-order valence-corrected chi connectivity index (χ4v) is 2.08. The highest BCUT2D eigenvalue weighted by Gasteiger charge is 2.29. The van der Waals surface area contributed by atoms with Crippen molar-refractivity contribution in [3.05, 3.63) is 0 Å². The minimum Gasteiger partial charge on any atom is -0.390 e. The van der Waals surface area contributed by atoms with Crippen molar-refractivity contribution in [3.63, 3.8) is 0 Å². The van der Waals surface area contributed by atoms with E-state index in [0.29, 0.717) is 6.04 Å². The van der Waals surface area contributed by atoms with Crippen LogP contribution in [0.4, 0.5) is 0 Å². The lowest BCUT2D eigenvalue weighted by molar-refractivity contribution is 0.184. The van der Waals surface area contributed by atoms with Crippen LogP contribution in [-0.4, -0.2) is 37.5 Å². The van der Waals surface area contributed by atoms with Crippen LogP contribution < -0.4 is 0 Å². The van der Waals surface area contributed by atoms with Gasteiger partial charge in [-0.1, -0.05) is 0 Å². The Morgan fingerprint density at radius 2 is 2.10 bits per heavy atom. The second-order valence-corrected chi connectivity index (χ2v) is 5.42. The summed E-state index contributed by atoms with van der Waals surface area (Å²) in [6.07, 6.45) is 2.80.